The Balaban J connectivity index is 2.06. The summed E-state index contributed by atoms with van der Waals surface area (Å²) in [7, 11) is 0. The van der Waals surface area contributed by atoms with Crippen molar-refractivity contribution in [3.05, 3.63) is 17.7 Å². The molecule has 0 aromatic carbocycles. The standard InChI is InChI=1S/C12H20N2/c1-10(2)7-8-14-9-13-11-5-3-4-6-12(11)14/h9-10H,3-8H2,1-2H3. The van der Waals surface area contributed by atoms with Gasteiger partial charge in [-0.2, -0.15) is 0 Å². The molecule has 0 fully saturated rings. The molecule has 0 aliphatic heterocycles. The van der Waals surface area contributed by atoms with Crippen molar-refractivity contribution in [2.75, 3.05) is 0 Å². The van der Waals surface area contributed by atoms with Crippen molar-refractivity contribution >= 4 is 0 Å². The molecule has 0 saturated heterocycles. The molecule has 0 N–H and O–H groups in total. The van der Waals surface area contributed by atoms with Crippen LogP contribution in [0.2, 0.25) is 0 Å². The van der Waals surface area contributed by atoms with Gasteiger partial charge in [-0.25, -0.2) is 4.98 Å². The van der Waals surface area contributed by atoms with Crippen molar-refractivity contribution in [3.63, 3.8) is 0 Å². The van der Waals surface area contributed by atoms with E-state index in [0.29, 0.717) is 0 Å². The van der Waals surface area contributed by atoms with Crippen molar-refractivity contribution in [3.8, 4) is 0 Å². The first-order chi connectivity index (χ1) is 6.77. The largest absolute Gasteiger partial charge is 0.334 e. The molecule has 2 nitrogen and oxygen atoms in total. The highest BCUT2D eigenvalue weighted by atomic mass is 15.1. The first-order valence-electron chi connectivity index (χ1n) is 5.80. The molecule has 14 heavy (non-hydrogen) atoms. The van der Waals surface area contributed by atoms with Gasteiger partial charge in [0, 0.05) is 12.2 Å². The molecule has 0 amide bonds. The van der Waals surface area contributed by atoms with Gasteiger partial charge in [-0.15, -0.1) is 0 Å². The molecule has 0 atom stereocenters. The molecule has 1 heterocycles. The predicted octanol–water partition coefficient (Wildman–Crippen LogP) is 2.81. The molecule has 0 saturated carbocycles. The minimum absolute atomic E-state index is 0.789. The Morgan fingerprint density at radius 3 is 2.93 bits per heavy atom. The minimum atomic E-state index is 0.789. The fourth-order valence-electron chi connectivity index (χ4n) is 2.12. The minimum Gasteiger partial charge on any atom is -0.334 e. The molecule has 2 heteroatoms. The Kier molecular flexibility index (Phi) is 2.90. The van der Waals surface area contributed by atoms with E-state index in [4.69, 9.17) is 0 Å². The molecule has 0 radical (unpaired) electrons. The molecule has 0 bridgehead atoms. The number of aryl methyl sites for hydroxylation is 2. The fourth-order valence-corrected chi connectivity index (χ4v) is 2.12. The number of nitrogens with zero attached hydrogens (tertiary/aromatic N) is 2. The van der Waals surface area contributed by atoms with Gasteiger partial charge in [0.05, 0.1) is 12.0 Å². The molecule has 1 aliphatic rings. The second-order valence-corrected chi connectivity index (χ2v) is 4.72. The van der Waals surface area contributed by atoms with Gasteiger partial charge in [0.1, 0.15) is 0 Å². The van der Waals surface area contributed by atoms with Crippen molar-refractivity contribution in [2.24, 2.45) is 5.92 Å². The number of hydrogen-bond donors (Lipinski definition) is 0. The van der Waals surface area contributed by atoms with E-state index in [1.54, 1.807) is 0 Å². The van der Waals surface area contributed by atoms with Crippen LogP contribution in [0.5, 0.6) is 0 Å². The lowest BCUT2D eigenvalue weighted by molar-refractivity contribution is 0.499. The monoisotopic (exact) mass is 192 g/mol. The van der Waals surface area contributed by atoms with Crippen LogP contribution >= 0.6 is 0 Å². The van der Waals surface area contributed by atoms with Crippen LogP contribution in [0.15, 0.2) is 6.33 Å². The zero-order valence-corrected chi connectivity index (χ0v) is 9.29. The van der Waals surface area contributed by atoms with Crippen LogP contribution in [0, 0.1) is 5.92 Å². The van der Waals surface area contributed by atoms with Crippen LogP contribution < -0.4 is 0 Å². The van der Waals surface area contributed by atoms with Gasteiger partial charge >= 0.3 is 0 Å². The summed E-state index contributed by atoms with van der Waals surface area (Å²) < 4.78 is 2.37. The van der Waals surface area contributed by atoms with Crippen molar-refractivity contribution in [1.82, 2.24) is 9.55 Å². The summed E-state index contributed by atoms with van der Waals surface area (Å²) >= 11 is 0. The third kappa shape index (κ3) is 1.99. The summed E-state index contributed by atoms with van der Waals surface area (Å²) in [5.74, 6) is 0.789. The molecule has 0 spiro atoms. The van der Waals surface area contributed by atoms with Crippen LogP contribution in [0.1, 0.15) is 44.5 Å². The molecule has 2 rings (SSSR count). The molecular formula is C12H20N2. The highest BCUT2D eigenvalue weighted by Gasteiger charge is 2.14. The van der Waals surface area contributed by atoms with Gasteiger partial charge < -0.3 is 4.57 Å². The first-order valence-corrected chi connectivity index (χ1v) is 5.80. The summed E-state index contributed by atoms with van der Waals surface area (Å²) in [4.78, 5) is 4.50. The van der Waals surface area contributed by atoms with Crippen LogP contribution in [0.25, 0.3) is 0 Å². The maximum atomic E-state index is 4.50. The van der Waals surface area contributed by atoms with Crippen molar-refractivity contribution < 1.29 is 0 Å². The first kappa shape index (κ1) is 9.75. The number of hydrogen-bond acceptors (Lipinski definition) is 1. The lowest BCUT2D eigenvalue weighted by atomic mass is 10.0. The van der Waals surface area contributed by atoms with E-state index < -0.39 is 0 Å². The Bertz CT molecular complexity index is 299. The molecule has 0 unspecified atom stereocenters. The van der Waals surface area contributed by atoms with Gasteiger partial charge in [-0.05, 0) is 38.0 Å². The smallest absolute Gasteiger partial charge is 0.0951 e. The maximum Gasteiger partial charge on any atom is 0.0951 e. The summed E-state index contributed by atoms with van der Waals surface area (Å²) in [6.45, 7) is 5.72. The van der Waals surface area contributed by atoms with E-state index in [2.05, 4.69) is 23.4 Å². The van der Waals surface area contributed by atoms with Crippen LogP contribution in [0.4, 0.5) is 0 Å². The Hall–Kier alpha value is -0.790. The Morgan fingerprint density at radius 2 is 2.14 bits per heavy atom. The van der Waals surface area contributed by atoms with E-state index in [0.717, 1.165) is 12.5 Å². The molecule has 1 aromatic heterocycles. The molecule has 1 aromatic rings. The summed E-state index contributed by atoms with van der Waals surface area (Å²) in [5.41, 5.74) is 2.87. The van der Waals surface area contributed by atoms with E-state index in [-0.39, 0.29) is 0 Å². The van der Waals surface area contributed by atoms with E-state index in [9.17, 15) is 0 Å². The average Bonchev–Trinajstić information content (AvgIpc) is 2.58. The van der Waals surface area contributed by atoms with Gasteiger partial charge in [0.15, 0.2) is 0 Å². The van der Waals surface area contributed by atoms with E-state index in [1.807, 2.05) is 6.33 Å². The number of fused-ring (bicyclic) bond motifs is 1. The molecule has 78 valence electrons. The SMILES string of the molecule is CC(C)CCn1cnc2c1CCCC2. The second kappa shape index (κ2) is 4.16. The van der Waals surface area contributed by atoms with E-state index >= 15 is 0 Å². The normalized spacial score (nSPS) is 15.9. The van der Waals surface area contributed by atoms with Gasteiger partial charge in [-0.1, -0.05) is 13.8 Å². The number of imidazole rings is 1. The summed E-state index contributed by atoms with van der Waals surface area (Å²) in [5, 5.41) is 0. The second-order valence-electron chi connectivity index (χ2n) is 4.72. The van der Waals surface area contributed by atoms with Gasteiger partial charge in [-0.3, -0.25) is 0 Å². The van der Waals surface area contributed by atoms with E-state index in [1.165, 1.54) is 43.5 Å². The maximum absolute atomic E-state index is 4.50. The zero-order chi connectivity index (χ0) is 9.97. The topological polar surface area (TPSA) is 17.8 Å². The molecule has 1 aliphatic carbocycles. The van der Waals surface area contributed by atoms with Crippen LogP contribution in [-0.2, 0) is 19.4 Å². The van der Waals surface area contributed by atoms with Gasteiger partial charge in [0.25, 0.3) is 0 Å². The fraction of sp³-hybridized carbons (Fsp3) is 0.750. The third-order valence-electron chi connectivity index (χ3n) is 3.06. The van der Waals surface area contributed by atoms with Crippen molar-refractivity contribution in [2.45, 2.75) is 52.5 Å². The third-order valence-corrected chi connectivity index (χ3v) is 3.06. The molecular weight excluding hydrogens is 172 g/mol. The summed E-state index contributed by atoms with van der Waals surface area (Å²) in [6.07, 6.45) is 8.42. The van der Waals surface area contributed by atoms with Gasteiger partial charge in [0.2, 0.25) is 0 Å². The van der Waals surface area contributed by atoms with Crippen LogP contribution in [-0.4, -0.2) is 9.55 Å². The summed E-state index contributed by atoms with van der Waals surface area (Å²) in [6, 6.07) is 0. The Labute approximate surface area is 86.3 Å². The van der Waals surface area contributed by atoms with Crippen molar-refractivity contribution in [1.29, 1.82) is 0 Å². The highest BCUT2D eigenvalue weighted by Crippen LogP contribution is 2.20. The lowest BCUT2D eigenvalue weighted by Crippen LogP contribution is -2.09. The highest BCUT2D eigenvalue weighted by molar-refractivity contribution is 5.16. The average molecular weight is 192 g/mol. The lowest BCUT2D eigenvalue weighted by Gasteiger charge is -2.14. The number of rotatable bonds is 3. The Morgan fingerprint density at radius 1 is 1.36 bits per heavy atom. The zero-order valence-electron chi connectivity index (χ0n) is 9.29. The number of aromatic nitrogens is 2. The van der Waals surface area contributed by atoms with Crippen LogP contribution in [0.3, 0.4) is 0 Å². The quantitative estimate of drug-likeness (QED) is 0.720. The predicted molar refractivity (Wildman–Crippen MR) is 58.3 cm³/mol.